The van der Waals surface area contributed by atoms with Crippen molar-refractivity contribution in [1.82, 2.24) is 9.97 Å². The molecule has 19 heavy (non-hydrogen) atoms. The quantitative estimate of drug-likeness (QED) is 0.872. The largest absolute Gasteiger partial charge is 0.378 e. The number of hydrogen-bond donors (Lipinski definition) is 2. The molecule has 5 heteroatoms. The van der Waals surface area contributed by atoms with Crippen molar-refractivity contribution in [3.8, 4) is 0 Å². The SMILES string of the molecule is CNc1cc(NC2CCOC(C)C2)nc(C2CC2)n1. The van der Waals surface area contributed by atoms with E-state index in [4.69, 9.17) is 4.74 Å². The predicted molar refractivity (Wildman–Crippen MR) is 75.6 cm³/mol. The first kappa shape index (κ1) is 12.7. The molecule has 1 aromatic rings. The van der Waals surface area contributed by atoms with Gasteiger partial charge >= 0.3 is 0 Å². The molecule has 2 unspecified atom stereocenters. The van der Waals surface area contributed by atoms with Crippen molar-refractivity contribution in [2.75, 3.05) is 24.3 Å². The van der Waals surface area contributed by atoms with E-state index < -0.39 is 0 Å². The molecule has 2 N–H and O–H groups in total. The van der Waals surface area contributed by atoms with Crippen molar-refractivity contribution in [2.45, 2.75) is 50.7 Å². The summed E-state index contributed by atoms with van der Waals surface area (Å²) in [6, 6.07) is 2.45. The summed E-state index contributed by atoms with van der Waals surface area (Å²) < 4.78 is 5.58. The normalized spacial score (nSPS) is 27.1. The van der Waals surface area contributed by atoms with Crippen molar-refractivity contribution in [1.29, 1.82) is 0 Å². The third kappa shape index (κ3) is 3.15. The summed E-state index contributed by atoms with van der Waals surface area (Å²) in [4.78, 5) is 9.19. The van der Waals surface area contributed by atoms with Gasteiger partial charge in [0.1, 0.15) is 17.5 Å². The molecule has 104 valence electrons. The third-order valence-corrected chi connectivity index (χ3v) is 3.78. The highest BCUT2D eigenvalue weighted by molar-refractivity contribution is 5.48. The molecule has 2 aliphatic rings. The Labute approximate surface area is 114 Å². The van der Waals surface area contributed by atoms with E-state index in [1.807, 2.05) is 13.1 Å². The maximum absolute atomic E-state index is 5.58. The molecule has 1 aliphatic heterocycles. The van der Waals surface area contributed by atoms with E-state index in [2.05, 4.69) is 27.5 Å². The van der Waals surface area contributed by atoms with Crippen LogP contribution in [0.3, 0.4) is 0 Å². The number of anilines is 2. The summed E-state index contributed by atoms with van der Waals surface area (Å²) in [5.41, 5.74) is 0. The number of hydrogen-bond acceptors (Lipinski definition) is 5. The van der Waals surface area contributed by atoms with E-state index in [0.29, 0.717) is 18.1 Å². The van der Waals surface area contributed by atoms with E-state index in [-0.39, 0.29) is 0 Å². The average Bonchev–Trinajstić information content (AvgIpc) is 3.22. The van der Waals surface area contributed by atoms with Crippen LogP contribution in [-0.2, 0) is 4.74 Å². The highest BCUT2D eigenvalue weighted by Crippen LogP contribution is 2.38. The summed E-state index contributed by atoms with van der Waals surface area (Å²) in [5, 5.41) is 6.66. The fourth-order valence-electron chi connectivity index (χ4n) is 2.53. The van der Waals surface area contributed by atoms with Gasteiger partial charge in [0.05, 0.1) is 6.10 Å². The smallest absolute Gasteiger partial charge is 0.136 e. The molecular formula is C14H22N4O. The van der Waals surface area contributed by atoms with E-state index in [9.17, 15) is 0 Å². The Balaban J connectivity index is 1.73. The molecule has 0 spiro atoms. The van der Waals surface area contributed by atoms with Crippen LogP contribution in [0, 0.1) is 0 Å². The summed E-state index contributed by atoms with van der Waals surface area (Å²) in [6.45, 7) is 2.96. The van der Waals surface area contributed by atoms with Gasteiger partial charge in [0.2, 0.25) is 0 Å². The molecule has 0 radical (unpaired) electrons. The zero-order valence-corrected chi connectivity index (χ0v) is 11.6. The number of nitrogens with one attached hydrogen (secondary N) is 2. The maximum atomic E-state index is 5.58. The fourth-order valence-corrected chi connectivity index (χ4v) is 2.53. The maximum Gasteiger partial charge on any atom is 0.136 e. The van der Waals surface area contributed by atoms with Crippen molar-refractivity contribution in [3.05, 3.63) is 11.9 Å². The first-order chi connectivity index (χ1) is 9.24. The first-order valence-electron chi connectivity index (χ1n) is 7.19. The second kappa shape index (κ2) is 5.33. The summed E-state index contributed by atoms with van der Waals surface area (Å²) >= 11 is 0. The first-order valence-corrected chi connectivity index (χ1v) is 7.19. The summed E-state index contributed by atoms with van der Waals surface area (Å²) in [7, 11) is 1.90. The van der Waals surface area contributed by atoms with Crippen LogP contribution in [0.2, 0.25) is 0 Å². The lowest BCUT2D eigenvalue weighted by Crippen LogP contribution is -2.32. The van der Waals surface area contributed by atoms with Crippen molar-refractivity contribution in [2.24, 2.45) is 0 Å². The summed E-state index contributed by atoms with van der Waals surface area (Å²) in [5.74, 6) is 3.40. The van der Waals surface area contributed by atoms with Gasteiger partial charge in [-0.2, -0.15) is 0 Å². The van der Waals surface area contributed by atoms with E-state index >= 15 is 0 Å². The van der Waals surface area contributed by atoms with Gasteiger partial charge in [0, 0.05) is 31.7 Å². The Morgan fingerprint density at radius 3 is 2.68 bits per heavy atom. The molecule has 3 rings (SSSR count). The van der Waals surface area contributed by atoms with Gasteiger partial charge in [-0.3, -0.25) is 0 Å². The van der Waals surface area contributed by atoms with Crippen molar-refractivity contribution >= 4 is 11.6 Å². The fraction of sp³-hybridized carbons (Fsp3) is 0.714. The molecule has 5 nitrogen and oxygen atoms in total. The monoisotopic (exact) mass is 262 g/mol. The van der Waals surface area contributed by atoms with Gasteiger partial charge in [-0.05, 0) is 32.6 Å². The van der Waals surface area contributed by atoms with E-state index in [0.717, 1.165) is 36.9 Å². The minimum absolute atomic E-state index is 0.333. The lowest BCUT2D eigenvalue weighted by atomic mass is 10.0. The second-order valence-corrected chi connectivity index (χ2v) is 5.57. The van der Waals surface area contributed by atoms with Crippen LogP contribution >= 0.6 is 0 Å². The molecule has 0 aromatic carbocycles. The van der Waals surface area contributed by atoms with Gasteiger partial charge in [-0.1, -0.05) is 0 Å². The number of aromatic nitrogens is 2. The number of rotatable bonds is 4. The summed E-state index contributed by atoms with van der Waals surface area (Å²) in [6.07, 6.45) is 4.86. The zero-order chi connectivity index (χ0) is 13.2. The van der Waals surface area contributed by atoms with Gasteiger partial charge in [-0.25, -0.2) is 9.97 Å². The van der Waals surface area contributed by atoms with Crippen LogP contribution in [0.1, 0.15) is 44.3 Å². The van der Waals surface area contributed by atoms with Crippen LogP contribution in [0.5, 0.6) is 0 Å². The number of nitrogens with zero attached hydrogens (tertiary/aromatic N) is 2. The molecule has 1 aliphatic carbocycles. The minimum atomic E-state index is 0.333. The predicted octanol–water partition coefficient (Wildman–Crippen LogP) is 2.38. The standard InChI is InChI=1S/C14H22N4O/c1-9-7-11(5-6-19-9)16-13-8-12(15-2)17-14(18-13)10-3-4-10/h8-11H,3-7H2,1-2H3,(H2,15,16,17,18). The molecule has 1 saturated carbocycles. The van der Waals surface area contributed by atoms with Crippen molar-refractivity contribution < 1.29 is 4.74 Å². The Bertz CT molecular complexity index is 447. The molecular weight excluding hydrogens is 240 g/mol. The Morgan fingerprint density at radius 2 is 2.00 bits per heavy atom. The van der Waals surface area contributed by atoms with E-state index in [1.165, 1.54) is 12.8 Å². The van der Waals surface area contributed by atoms with Crippen LogP contribution in [0.25, 0.3) is 0 Å². The highest BCUT2D eigenvalue weighted by Gasteiger charge is 2.28. The molecule has 0 amide bonds. The average molecular weight is 262 g/mol. The van der Waals surface area contributed by atoms with Gasteiger partial charge < -0.3 is 15.4 Å². The molecule has 1 aromatic heterocycles. The Hall–Kier alpha value is -1.36. The molecule has 1 saturated heterocycles. The van der Waals surface area contributed by atoms with Crippen LogP contribution in [0.4, 0.5) is 11.6 Å². The lowest BCUT2D eigenvalue weighted by molar-refractivity contribution is 0.0232. The third-order valence-electron chi connectivity index (χ3n) is 3.78. The van der Waals surface area contributed by atoms with E-state index in [1.54, 1.807) is 0 Å². The Morgan fingerprint density at radius 1 is 1.21 bits per heavy atom. The van der Waals surface area contributed by atoms with Gasteiger partial charge in [-0.15, -0.1) is 0 Å². The Kier molecular flexibility index (Phi) is 3.55. The number of ether oxygens (including phenoxy) is 1. The van der Waals surface area contributed by atoms with Crippen molar-refractivity contribution in [3.63, 3.8) is 0 Å². The molecule has 2 fully saturated rings. The van der Waals surface area contributed by atoms with Crippen LogP contribution in [0.15, 0.2) is 6.07 Å². The molecule has 2 heterocycles. The second-order valence-electron chi connectivity index (χ2n) is 5.57. The molecule has 2 atom stereocenters. The lowest BCUT2D eigenvalue weighted by Gasteiger charge is -2.28. The highest BCUT2D eigenvalue weighted by atomic mass is 16.5. The van der Waals surface area contributed by atoms with Crippen LogP contribution < -0.4 is 10.6 Å². The van der Waals surface area contributed by atoms with Crippen LogP contribution in [-0.4, -0.2) is 35.8 Å². The zero-order valence-electron chi connectivity index (χ0n) is 11.6. The van der Waals surface area contributed by atoms with Gasteiger partial charge in [0.15, 0.2) is 0 Å². The topological polar surface area (TPSA) is 59.1 Å². The minimum Gasteiger partial charge on any atom is -0.378 e. The van der Waals surface area contributed by atoms with Gasteiger partial charge in [0.25, 0.3) is 0 Å². The molecule has 0 bridgehead atoms.